The minimum absolute atomic E-state index is 0.187. The Morgan fingerprint density at radius 1 is 1.23 bits per heavy atom. The summed E-state index contributed by atoms with van der Waals surface area (Å²) in [5.41, 5.74) is 4.90. The quantitative estimate of drug-likeness (QED) is 0.619. The lowest BCUT2D eigenvalue weighted by Crippen LogP contribution is -2.31. The van der Waals surface area contributed by atoms with Crippen molar-refractivity contribution >= 4 is 16.6 Å². The molecule has 2 aromatic heterocycles. The maximum absolute atomic E-state index is 9.77. The highest BCUT2D eigenvalue weighted by molar-refractivity contribution is 5.96. The molecule has 8 heteroatoms. The van der Waals surface area contributed by atoms with Crippen LogP contribution in [0.15, 0.2) is 22.9 Å². The van der Waals surface area contributed by atoms with E-state index < -0.39 is 0 Å². The van der Waals surface area contributed by atoms with E-state index in [4.69, 9.17) is 9.26 Å². The van der Waals surface area contributed by atoms with E-state index in [-0.39, 0.29) is 6.10 Å². The van der Waals surface area contributed by atoms with Crippen LogP contribution in [0.1, 0.15) is 47.9 Å². The molecule has 4 rings (SSSR count). The zero-order valence-corrected chi connectivity index (χ0v) is 18.6. The average Bonchev–Trinajstić information content (AvgIpc) is 3.10. The number of rotatable bonds is 5. The van der Waals surface area contributed by atoms with E-state index in [0.29, 0.717) is 23.8 Å². The van der Waals surface area contributed by atoms with Gasteiger partial charge >= 0.3 is 0 Å². The van der Waals surface area contributed by atoms with Gasteiger partial charge in [-0.3, -0.25) is 9.88 Å². The minimum Gasteiger partial charge on any atom is -0.374 e. The van der Waals surface area contributed by atoms with Crippen LogP contribution in [0.4, 0.5) is 5.69 Å². The summed E-state index contributed by atoms with van der Waals surface area (Å²) in [6.07, 6.45) is 2.50. The second-order valence-corrected chi connectivity index (χ2v) is 8.15. The number of aromatic nitrogens is 3. The lowest BCUT2D eigenvalue weighted by atomic mass is 10.0. The van der Waals surface area contributed by atoms with Crippen molar-refractivity contribution in [2.45, 2.75) is 39.8 Å². The molecule has 1 fully saturated rings. The summed E-state index contributed by atoms with van der Waals surface area (Å²) in [5, 5.41) is 14.8. The Morgan fingerprint density at radius 3 is 2.84 bits per heavy atom. The van der Waals surface area contributed by atoms with Crippen molar-refractivity contribution in [3.05, 3.63) is 46.7 Å². The van der Waals surface area contributed by atoms with Gasteiger partial charge in [0.1, 0.15) is 12.2 Å². The highest BCUT2D eigenvalue weighted by Crippen LogP contribution is 2.32. The molecule has 0 bridgehead atoms. The van der Waals surface area contributed by atoms with E-state index in [0.717, 1.165) is 54.8 Å². The van der Waals surface area contributed by atoms with Crippen molar-refractivity contribution in [1.29, 1.82) is 5.26 Å². The van der Waals surface area contributed by atoms with E-state index in [1.165, 1.54) is 5.56 Å². The highest BCUT2D eigenvalue weighted by Gasteiger charge is 2.22. The van der Waals surface area contributed by atoms with Crippen LogP contribution in [0.25, 0.3) is 10.9 Å². The van der Waals surface area contributed by atoms with Crippen molar-refractivity contribution in [1.82, 2.24) is 20.0 Å². The molecule has 162 valence electrons. The molecule has 0 aliphatic carbocycles. The zero-order chi connectivity index (χ0) is 22.0. The number of anilines is 1. The SMILES string of the molecule is COC(C)c1noc(CN2CCCN(c3c(C#N)cnc4c(C)cc(C)cc34)CC2)n1. The summed E-state index contributed by atoms with van der Waals surface area (Å²) in [6, 6.07) is 6.63. The van der Waals surface area contributed by atoms with Gasteiger partial charge in [0.25, 0.3) is 0 Å². The topological polar surface area (TPSA) is 91.3 Å². The molecule has 3 aromatic rings. The molecule has 0 radical (unpaired) electrons. The molecular weight excluding hydrogens is 392 g/mol. The molecule has 1 aromatic carbocycles. The Balaban J connectivity index is 1.56. The molecule has 1 aliphatic heterocycles. The Morgan fingerprint density at radius 2 is 2.06 bits per heavy atom. The van der Waals surface area contributed by atoms with E-state index >= 15 is 0 Å². The maximum atomic E-state index is 9.77. The molecule has 1 atom stereocenters. The van der Waals surface area contributed by atoms with Crippen LogP contribution < -0.4 is 4.90 Å². The first-order chi connectivity index (χ1) is 15.0. The second-order valence-electron chi connectivity index (χ2n) is 8.15. The summed E-state index contributed by atoms with van der Waals surface area (Å²) in [4.78, 5) is 13.7. The number of hydrogen-bond donors (Lipinski definition) is 0. The molecule has 3 heterocycles. The second kappa shape index (κ2) is 9.00. The summed E-state index contributed by atoms with van der Waals surface area (Å²) >= 11 is 0. The van der Waals surface area contributed by atoms with Crippen LogP contribution in [0.5, 0.6) is 0 Å². The van der Waals surface area contributed by atoms with Gasteiger partial charge in [0.2, 0.25) is 5.89 Å². The Kier molecular flexibility index (Phi) is 6.16. The smallest absolute Gasteiger partial charge is 0.240 e. The first-order valence-corrected chi connectivity index (χ1v) is 10.6. The molecular formula is C23H28N6O2. The molecule has 31 heavy (non-hydrogen) atoms. The van der Waals surface area contributed by atoms with Gasteiger partial charge < -0.3 is 14.2 Å². The lowest BCUT2D eigenvalue weighted by molar-refractivity contribution is 0.109. The standard InChI is InChI=1S/C23H28N6O2/c1-15-10-16(2)21-19(11-15)22(18(12-24)13-25-21)29-7-5-6-28(8-9-29)14-20-26-23(27-31-20)17(3)30-4/h10-11,13,17H,5-9,14H2,1-4H3. The molecule has 0 saturated carbocycles. The van der Waals surface area contributed by atoms with Crippen LogP contribution in [0, 0.1) is 25.2 Å². The first-order valence-electron chi connectivity index (χ1n) is 10.6. The van der Waals surface area contributed by atoms with Crippen molar-refractivity contribution in [3.8, 4) is 6.07 Å². The normalized spacial score (nSPS) is 16.3. The highest BCUT2D eigenvalue weighted by atomic mass is 16.5. The summed E-state index contributed by atoms with van der Waals surface area (Å²) in [5.74, 6) is 1.17. The number of methoxy groups -OCH3 is 1. The van der Waals surface area contributed by atoms with Gasteiger partial charge in [-0.1, -0.05) is 16.8 Å². The summed E-state index contributed by atoms with van der Waals surface area (Å²) < 4.78 is 10.7. The third-order valence-corrected chi connectivity index (χ3v) is 5.86. The fourth-order valence-corrected chi connectivity index (χ4v) is 4.22. The molecule has 0 N–H and O–H groups in total. The Labute approximate surface area is 182 Å². The third-order valence-electron chi connectivity index (χ3n) is 5.86. The molecule has 8 nitrogen and oxygen atoms in total. The van der Waals surface area contributed by atoms with Gasteiger partial charge in [0.05, 0.1) is 23.3 Å². The summed E-state index contributed by atoms with van der Waals surface area (Å²) in [6.45, 7) is 10.1. The fourth-order valence-electron chi connectivity index (χ4n) is 4.22. The van der Waals surface area contributed by atoms with Crippen LogP contribution in [-0.4, -0.2) is 53.3 Å². The minimum atomic E-state index is -0.187. The summed E-state index contributed by atoms with van der Waals surface area (Å²) in [7, 11) is 1.63. The molecule has 0 spiro atoms. The number of benzene rings is 1. The van der Waals surface area contributed by atoms with Crippen LogP contribution in [0.2, 0.25) is 0 Å². The number of nitriles is 1. The number of aryl methyl sites for hydroxylation is 2. The lowest BCUT2D eigenvalue weighted by Gasteiger charge is -2.26. The van der Waals surface area contributed by atoms with Gasteiger partial charge in [-0.05, 0) is 38.8 Å². The van der Waals surface area contributed by atoms with E-state index in [1.54, 1.807) is 13.3 Å². The van der Waals surface area contributed by atoms with Gasteiger partial charge in [0, 0.05) is 44.9 Å². The van der Waals surface area contributed by atoms with Gasteiger partial charge in [-0.25, -0.2) is 0 Å². The number of hydrogen-bond acceptors (Lipinski definition) is 8. The van der Waals surface area contributed by atoms with Crippen molar-refractivity contribution < 1.29 is 9.26 Å². The van der Waals surface area contributed by atoms with Crippen LogP contribution in [-0.2, 0) is 11.3 Å². The number of pyridine rings is 1. The maximum Gasteiger partial charge on any atom is 0.240 e. The number of fused-ring (bicyclic) bond motifs is 1. The number of ether oxygens (including phenoxy) is 1. The Bertz CT molecular complexity index is 1120. The third kappa shape index (κ3) is 4.38. The monoisotopic (exact) mass is 420 g/mol. The fraction of sp³-hybridized carbons (Fsp3) is 0.478. The van der Waals surface area contributed by atoms with E-state index in [2.05, 4.69) is 57.0 Å². The van der Waals surface area contributed by atoms with Gasteiger partial charge in [0.15, 0.2) is 5.82 Å². The zero-order valence-electron chi connectivity index (χ0n) is 18.6. The molecule has 0 amide bonds. The van der Waals surface area contributed by atoms with Crippen molar-refractivity contribution in [2.24, 2.45) is 0 Å². The largest absolute Gasteiger partial charge is 0.374 e. The van der Waals surface area contributed by atoms with Gasteiger partial charge in [-0.2, -0.15) is 10.2 Å². The van der Waals surface area contributed by atoms with Gasteiger partial charge in [-0.15, -0.1) is 0 Å². The predicted molar refractivity (Wildman–Crippen MR) is 118 cm³/mol. The Hall–Kier alpha value is -3.02. The van der Waals surface area contributed by atoms with Crippen molar-refractivity contribution in [3.63, 3.8) is 0 Å². The van der Waals surface area contributed by atoms with Crippen LogP contribution >= 0.6 is 0 Å². The van der Waals surface area contributed by atoms with Crippen LogP contribution in [0.3, 0.4) is 0 Å². The molecule has 1 saturated heterocycles. The van der Waals surface area contributed by atoms with E-state index in [1.807, 2.05) is 6.92 Å². The van der Waals surface area contributed by atoms with E-state index in [9.17, 15) is 5.26 Å². The number of nitrogens with zero attached hydrogens (tertiary/aromatic N) is 6. The van der Waals surface area contributed by atoms with Crippen molar-refractivity contribution in [2.75, 3.05) is 38.2 Å². The predicted octanol–water partition coefficient (Wildman–Crippen LogP) is 3.53. The molecule has 1 aliphatic rings. The first kappa shape index (κ1) is 21.2. The molecule has 1 unspecified atom stereocenters. The average molecular weight is 421 g/mol.